The van der Waals surface area contributed by atoms with E-state index in [1.165, 1.54) is 7.11 Å². The molecule has 0 fully saturated rings. The Bertz CT molecular complexity index is 633. The zero-order chi connectivity index (χ0) is 12.3. The van der Waals surface area contributed by atoms with Crippen LogP contribution >= 0.6 is 0 Å². The summed E-state index contributed by atoms with van der Waals surface area (Å²) in [5.74, 6) is 4.18. The number of benzene rings is 2. The van der Waals surface area contributed by atoms with E-state index in [2.05, 4.69) is 11.8 Å². The highest BCUT2D eigenvalue weighted by atomic mass is 16.5. The molecule has 0 amide bonds. The van der Waals surface area contributed by atoms with Crippen LogP contribution in [0.25, 0.3) is 10.8 Å². The third-order valence-electron chi connectivity index (χ3n) is 2.41. The Morgan fingerprint density at radius 2 is 2.00 bits per heavy atom. The number of carbonyl (C=O) groups is 1. The number of methoxy groups -OCH3 is 1. The maximum absolute atomic E-state index is 10.5. The van der Waals surface area contributed by atoms with Gasteiger partial charge in [0.25, 0.3) is 0 Å². The minimum Gasteiger partial charge on any atom is -0.495 e. The van der Waals surface area contributed by atoms with Gasteiger partial charge in [-0.2, -0.15) is 0 Å². The predicted molar refractivity (Wildman–Crippen MR) is 65.0 cm³/mol. The Labute approximate surface area is 98.6 Å². The monoisotopic (exact) mass is 226 g/mol. The minimum atomic E-state index is -1.15. The second kappa shape index (κ2) is 4.58. The summed E-state index contributed by atoms with van der Waals surface area (Å²) in [7, 11) is 1.54. The first-order valence-electron chi connectivity index (χ1n) is 5.03. The summed E-state index contributed by atoms with van der Waals surface area (Å²) in [6.07, 6.45) is 0. The molecule has 17 heavy (non-hydrogen) atoms. The Morgan fingerprint density at radius 3 is 2.71 bits per heavy atom. The number of carboxylic acid groups (broad SMARTS) is 1. The van der Waals surface area contributed by atoms with Crippen molar-refractivity contribution in [3.8, 4) is 17.6 Å². The fraction of sp³-hybridized carbons (Fsp3) is 0.0714. The van der Waals surface area contributed by atoms with Crippen molar-refractivity contribution in [1.29, 1.82) is 0 Å². The number of fused-ring (bicyclic) bond motifs is 1. The smallest absolute Gasteiger partial charge is 0.382 e. The molecule has 0 saturated carbocycles. The van der Waals surface area contributed by atoms with Gasteiger partial charge < -0.3 is 9.84 Å². The molecule has 0 spiro atoms. The van der Waals surface area contributed by atoms with Crippen LogP contribution in [0.3, 0.4) is 0 Å². The highest BCUT2D eigenvalue weighted by Crippen LogP contribution is 2.26. The van der Waals surface area contributed by atoms with Gasteiger partial charge in [0, 0.05) is 11.3 Å². The first-order chi connectivity index (χ1) is 8.22. The van der Waals surface area contributed by atoms with Gasteiger partial charge in [0.15, 0.2) is 0 Å². The summed E-state index contributed by atoms with van der Waals surface area (Å²) in [4.78, 5) is 10.5. The molecular weight excluding hydrogens is 216 g/mol. The van der Waals surface area contributed by atoms with Gasteiger partial charge in [-0.05, 0) is 11.5 Å². The van der Waals surface area contributed by atoms with Crippen LogP contribution in [0.1, 0.15) is 5.56 Å². The molecule has 2 aromatic rings. The Hall–Kier alpha value is -2.47. The van der Waals surface area contributed by atoms with Crippen LogP contribution in [0, 0.1) is 11.8 Å². The molecule has 0 aliphatic rings. The highest BCUT2D eigenvalue weighted by molar-refractivity contribution is 5.93. The van der Waals surface area contributed by atoms with E-state index < -0.39 is 5.97 Å². The van der Waals surface area contributed by atoms with Gasteiger partial charge in [-0.15, -0.1) is 0 Å². The Kier molecular flexibility index (Phi) is 2.97. The predicted octanol–water partition coefficient (Wildman–Crippen LogP) is 2.28. The lowest BCUT2D eigenvalue weighted by Crippen LogP contribution is -1.91. The third-order valence-corrected chi connectivity index (χ3v) is 2.41. The standard InChI is InChI=1S/C14H10O3/c1-17-13-8-6-10-4-2-3-5-11(10)12(13)7-9-14(15)16/h2-6,8H,1H3,(H,15,16). The van der Waals surface area contributed by atoms with Crippen LogP contribution < -0.4 is 4.74 Å². The molecule has 0 saturated heterocycles. The molecule has 84 valence electrons. The maximum Gasteiger partial charge on any atom is 0.382 e. The molecule has 0 bridgehead atoms. The number of carboxylic acids is 1. The zero-order valence-corrected chi connectivity index (χ0v) is 9.23. The molecule has 3 heteroatoms. The largest absolute Gasteiger partial charge is 0.495 e. The number of rotatable bonds is 1. The van der Waals surface area contributed by atoms with E-state index in [0.29, 0.717) is 11.3 Å². The molecule has 0 atom stereocenters. The summed E-state index contributed by atoms with van der Waals surface area (Å²) in [5, 5.41) is 10.5. The average molecular weight is 226 g/mol. The van der Waals surface area contributed by atoms with Crippen LogP contribution in [0.5, 0.6) is 5.75 Å². The molecule has 0 unspecified atom stereocenters. The second-order valence-corrected chi connectivity index (χ2v) is 3.42. The molecule has 0 radical (unpaired) electrons. The lowest BCUT2D eigenvalue weighted by molar-refractivity contribution is -0.130. The molecule has 2 aromatic carbocycles. The van der Waals surface area contributed by atoms with Crippen molar-refractivity contribution in [2.75, 3.05) is 7.11 Å². The molecule has 3 nitrogen and oxygen atoms in total. The van der Waals surface area contributed by atoms with Gasteiger partial charge in [0.05, 0.1) is 12.7 Å². The van der Waals surface area contributed by atoms with Crippen LogP contribution in [0.15, 0.2) is 36.4 Å². The fourth-order valence-corrected chi connectivity index (χ4v) is 1.67. The minimum absolute atomic E-state index is 0.581. The van der Waals surface area contributed by atoms with Gasteiger partial charge in [-0.3, -0.25) is 0 Å². The van der Waals surface area contributed by atoms with Crippen molar-refractivity contribution in [3.05, 3.63) is 42.0 Å². The van der Waals surface area contributed by atoms with Gasteiger partial charge >= 0.3 is 5.97 Å². The first kappa shape index (κ1) is 11.0. The van der Waals surface area contributed by atoms with E-state index in [1.807, 2.05) is 30.3 Å². The molecule has 2 rings (SSSR count). The van der Waals surface area contributed by atoms with E-state index in [4.69, 9.17) is 9.84 Å². The lowest BCUT2D eigenvalue weighted by Gasteiger charge is -2.06. The molecule has 0 aromatic heterocycles. The Balaban J connectivity index is 2.73. The van der Waals surface area contributed by atoms with Crippen molar-refractivity contribution in [2.24, 2.45) is 0 Å². The van der Waals surface area contributed by atoms with Gasteiger partial charge in [0.1, 0.15) is 5.75 Å². The van der Waals surface area contributed by atoms with Crippen LogP contribution in [-0.4, -0.2) is 18.2 Å². The summed E-state index contributed by atoms with van der Waals surface area (Å²) in [6, 6.07) is 11.3. The summed E-state index contributed by atoms with van der Waals surface area (Å²) < 4.78 is 5.19. The molecule has 0 aliphatic carbocycles. The van der Waals surface area contributed by atoms with E-state index in [9.17, 15) is 4.79 Å². The van der Waals surface area contributed by atoms with Crippen molar-refractivity contribution in [3.63, 3.8) is 0 Å². The first-order valence-corrected chi connectivity index (χ1v) is 5.03. The van der Waals surface area contributed by atoms with Gasteiger partial charge in [0.2, 0.25) is 0 Å². The molecular formula is C14H10O3. The number of ether oxygens (including phenoxy) is 1. The van der Waals surface area contributed by atoms with Gasteiger partial charge in [-0.25, -0.2) is 4.79 Å². The zero-order valence-electron chi connectivity index (χ0n) is 9.23. The van der Waals surface area contributed by atoms with E-state index in [0.717, 1.165) is 10.8 Å². The van der Waals surface area contributed by atoms with Crippen molar-refractivity contribution in [2.45, 2.75) is 0 Å². The summed E-state index contributed by atoms with van der Waals surface area (Å²) >= 11 is 0. The third kappa shape index (κ3) is 2.21. The number of hydrogen-bond acceptors (Lipinski definition) is 2. The van der Waals surface area contributed by atoms with Crippen LogP contribution in [-0.2, 0) is 4.79 Å². The van der Waals surface area contributed by atoms with Crippen LogP contribution in [0.2, 0.25) is 0 Å². The van der Waals surface area contributed by atoms with E-state index in [-0.39, 0.29) is 0 Å². The average Bonchev–Trinajstić information content (AvgIpc) is 2.35. The normalized spacial score (nSPS) is 9.47. The molecule has 0 heterocycles. The van der Waals surface area contributed by atoms with Gasteiger partial charge in [-0.1, -0.05) is 36.3 Å². The molecule has 1 N–H and O–H groups in total. The Morgan fingerprint density at radius 1 is 1.24 bits per heavy atom. The fourth-order valence-electron chi connectivity index (χ4n) is 1.67. The SMILES string of the molecule is COc1ccc2ccccc2c1C#CC(=O)O. The lowest BCUT2D eigenvalue weighted by atomic mass is 10.0. The van der Waals surface area contributed by atoms with Crippen LogP contribution in [0.4, 0.5) is 0 Å². The van der Waals surface area contributed by atoms with Crippen molar-refractivity contribution < 1.29 is 14.6 Å². The molecule has 0 aliphatic heterocycles. The quantitative estimate of drug-likeness (QED) is 0.759. The highest BCUT2D eigenvalue weighted by Gasteiger charge is 2.05. The number of aliphatic carboxylic acids is 1. The summed E-state index contributed by atoms with van der Waals surface area (Å²) in [5.41, 5.74) is 0.605. The second-order valence-electron chi connectivity index (χ2n) is 3.42. The number of hydrogen-bond donors (Lipinski definition) is 1. The van der Waals surface area contributed by atoms with Crippen molar-refractivity contribution >= 4 is 16.7 Å². The van der Waals surface area contributed by atoms with Crippen molar-refractivity contribution in [1.82, 2.24) is 0 Å². The topological polar surface area (TPSA) is 46.5 Å². The van der Waals surface area contributed by atoms with E-state index >= 15 is 0 Å². The summed E-state index contributed by atoms with van der Waals surface area (Å²) in [6.45, 7) is 0. The van der Waals surface area contributed by atoms with E-state index in [1.54, 1.807) is 6.07 Å². The maximum atomic E-state index is 10.5.